The quantitative estimate of drug-likeness (QED) is 0.258. The van der Waals surface area contributed by atoms with E-state index in [0.717, 1.165) is 10.0 Å². The fourth-order valence-electron chi connectivity index (χ4n) is 3.08. The number of carbonyl (C=O) groups excluding carboxylic acids is 1. The number of carbonyl (C=O) groups is 1. The molecule has 1 aromatic heterocycles. The van der Waals surface area contributed by atoms with E-state index < -0.39 is 0 Å². The van der Waals surface area contributed by atoms with Crippen molar-refractivity contribution in [3.8, 4) is 11.5 Å². The summed E-state index contributed by atoms with van der Waals surface area (Å²) in [7, 11) is 3.15. The molecule has 3 aromatic carbocycles. The first-order chi connectivity index (χ1) is 14.6. The Morgan fingerprint density at radius 3 is 2.40 bits per heavy atom. The number of hydrogen-bond acceptors (Lipinski definition) is 5. The molecular weight excluding hydrogens is 446 g/mol. The summed E-state index contributed by atoms with van der Waals surface area (Å²) in [6, 6.07) is 20.0. The maximum atomic E-state index is 13.4. The van der Waals surface area contributed by atoms with Crippen molar-refractivity contribution >= 4 is 44.5 Å². The lowest BCUT2D eigenvalue weighted by atomic mass is 10.0. The minimum absolute atomic E-state index is 0.191. The molecule has 0 saturated heterocycles. The van der Waals surface area contributed by atoms with Crippen molar-refractivity contribution in [2.45, 2.75) is 0 Å². The largest absolute Gasteiger partial charge is 0.493 e. The number of allylic oxidation sites excluding steroid dienone is 1. The summed E-state index contributed by atoms with van der Waals surface area (Å²) in [4.78, 5) is 17.9. The van der Waals surface area contributed by atoms with Crippen molar-refractivity contribution < 1.29 is 18.7 Å². The van der Waals surface area contributed by atoms with Gasteiger partial charge in [-0.3, -0.25) is 4.79 Å². The molecule has 0 radical (unpaired) electrons. The first-order valence-corrected chi connectivity index (χ1v) is 9.98. The number of ketones is 1. The zero-order valence-electron chi connectivity index (χ0n) is 16.4. The molecule has 0 N–H and O–H groups in total. The first-order valence-electron chi connectivity index (χ1n) is 9.19. The summed E-state index contributed by atoms with van der Waals surface area (Å²) in [5.74, 6) is 1.25. The first kappa shape index (κ1) is 19.9. The van der Waals surface area contributed by atoms with Crippen molar-refractivity contribution in [1.29, 1.82) is 0 Å². The maximum Gasteiger partial charge on any atom is 0.231 e. The molecule has 1 heterocycles. The lowest BCUT2D eigenvalue weighted by molar-refractivity contribution is 0.105. The molecule has 0 fully saturated rings. The van der Waals surface area contributed by atoms with E-state index in [0.29, 0.717) is 33.7 Å². The van der Waals surface area contributed by atoms with Gasteiger partial charge in [-0.2, -0.15) is 0 Å². The van der Waals surface area contributed by atoms with Gasteiger partial charge in [0.15, 0.2) is 22.9 Å². The van der Waals surface area contributed by atoms with E-state index in [1.54, 1.807) is 44.6 Å². The van der Waals surface area contributed by atoms with E-state index in [2.05, 4.69) is 20.9 Å². The van der Waals surface area contributed by atoms with Crippen LogP contribution < -0.4 is 9.47 Å². The third kappa shape index (κ3) is 4.00. The minimum atomic E-state index is -0.191. The van der Waals surface area contributed by atoms with Gasteiger partial charge in [0.05, 0.1) is 19.8 Å². The van der Waals surface area contributed by atoms with E-state index in [-0.39, 0.29) is 11.7 Å². The molecule has 150 valence electrons. The molecule has 0 saturated carbocycles. The van der Waals surface area contributed by atoms with Gasteiger partial charge in [-0.25, -0.2) is 4.98 Å². The lowest BCUT2D eigenvalue weighted by Gasteiger charge is -2.09. The van der Waals surface area contributed by atoms with Crippen LogP contribution in [-0.2, 0) is 0 Å². The normalized spacial score (nSPS) is 11.5. The van der Waals surface area contributed by atoms with Gasteiger partial charge in [-0.15, -0.1) is 0 Å². The summed E-state index contributed by atoms with van der Waals surface area (Å²) in [5.41, 5.74) is 2.95. The van der Waals surface area contributed by atoms with Crippen molar-refractivity contribution in [3.63, 3.8) is 0 Å². The van der Waals surface area contributed by atoms with E-state index in [1.165, 1.54) is 0 Å². The number of rotatable bonds is 6. The van der Waals surface area contributed by atoms with Gasteiger partial charge in [-0.1, -0.05) is 34.1 Å². The highest BCUT2D eigenvalue weighted by Crippen LogP contribution is 2.31. The number of methoxy groups -OCH3 is 2. The minimum Gasteiger partial charge on any atom is -0.493 e. The molecule has 0 aliphatic carbocycles. The second kappa shape index (κ2) is 8.55. The van der Waals surface area contributed by atoms with Crippen LogP contribution in [0.1, 0.15) is 21.8 Å². The summed E-state index contributed by atoms with van der Waals surface area (Å²) in [6.45, 7) is 0. The Kier molecular flexibility index (Phi) is 5.68. The number of benzene rings is 3. The number of oxazole rings is 1. The van der Waals surface area contributed by atoms with Gasteiger partial charge in [-0.05, 0) is 60.2 Å². The fraction of sp³-hybridized carbons (Fsp3) is 0.0833. The number of halogens is 1. The Balaban J connectivity index is 1.85. The number of para-hydroxylation sites is 2. The second-order valence-corrected chi connectivity index (χ2v) is 7.41. The van der Waals surface area contributed by atoms with Gasteiger partial charge in [0.2, 0.25) is 5.89 Å². The van der Waals surface area contributed by atoms with Crippen LogP contribution in [0.25, 0.3) is 22.7 Å². The summed E-state index contributed by atoms with van der Waals surface area (Å²) >= 11 is 3.40. The number of ether oxygens (including phenoxy) is 2. The molecule has 0 aliphatic rings. The lowest BCUT2D eigenvalue weighted by Crippen LogP contribution is -2.03. The summed E-state index contributed by atoms with van der Waals surface area (Å²) < 4.78 is 17.5. The third-order valence-corrected chi connectivity index (χ3v) is 5.12. The standard InChI is InChI=1S/C24H18BrNO4/c1-28-21-12-7-15(14-22(21)29-2)13-18(23(27)16-8-10-17(25)11-9-16)24-26-19-5-3-4-6-20(19)30-24/h3-14H,1-2H3/b18-13+. The summed E-state index contributed by atoms with van der Waals surface area (Å²) in [5, 5.41) is 0. The Labute approximate surface area is 182 Å². The average molecular weight is 464 g/mol. The van der Waals surface area contributed by atoms with Crippen LogP contribution in [0.3, 0.4) is 0 Å². The van der Waals surface area contributed by atoms with Crippen LogP contribution in [0.4, 0.5) is 0 Å². The van der Waals surface area contributed by atoms with E-state index in [9.17, 15) is 4.79 Å². The average Bonchev–Trinajstić information content (AvgIpc) is 3.21. The Bertz CT molecular complexity index is 1210. The molecule has 0 spiro atoms. The van der Waals surface area contributed by atoms with Crippen molar-refractivity contribution in [3.05, 3.63) is 88.2 Å². The van der Waals surface area contributed by atoms with Gasteiger partial charge in [0.1, 0.15) is 5.52 Å². The molecule has 0 atom stereocenters. The highest BCUT2D eigenvalue weighted by atomic mass is 79.9. The maximum absolute atomic E-state index is 13.4. The van der Waals surface area contributed by atoms with Crippen LogP contribution in [0.15, 0.2) is 75.6 Å². The summed E-state index contributed by atoms with van der Waals surface area (Å²) in [6.07, 6.45) is 1.75. The van der Waals surface area contributed by atoms with Gasteiger partial charge in [0.25, 0.3) is 0 Å². The Morgan fingerprint density at radius 1 is 0.967 bits per heavy atom. The van der Waals surface area contributed by atoms with Gasteiger partial charge < -0.3 is 13.9 Å². The van der Waals surface area contributed by atoms with E-state index in [1.807, 2.05) is 42.5 Å². The van der Waals surface area contributed by atoms with E-state index in [4.69, 9.17) is 13.9 Å². The van der Waals surface area contributed by atoms with Crippen molar-refractivity contribution in [2.24, 2.45) is 0 Å². The number of aromatic nitrogens is 1. The van der Waals surface area contributed by atoms with Crippen LogP contribution in [0.2, 0.25) is 0 Å². The molecular formula is C24H18BrNO4. The SMILES string of the molecule is COc1ccc(/C=C(\C(=O)c2ccc(Br)cc2)c2nc3ccccc3o2)cc1OC. The van der Waals surface area contributed by atoms with Gasteiger partial charge >= 0.3 is 0 Å². The number of Topliss-reactive ketones (excluding diaryl/α,β-unsaturated/α-hetero) is 1. The van der Waals surface area contributed by atoms with Gasteiger partial charge in [0, 0.05) is 10.0 Å². The van der Waals surface area contributed by atoms with Crippen LogP contribution in [-0.4, -0.2) is 25.0 Å². The van der Waals surface area contributed by atoms with Crippen molar-refractivity contribution in [2.75, 3.05) is 14.2 Å². The number of nitrogens with zero attached hydrogens (tertiary/aromatic N) is 1. The monoisotopic (exact) mass is 463 g/mol. The molecule has 0 bridgehead atoms. The van der Waals surface area contributed by atoms with Crippen molar-refractivity contribution in [1.82, 2.24) is 4.98 Å². The second-order valence-electron chi connectivity index (χ2n) is 6.50. The molecule has 5 nitrogen and oxygen atoms in total. The third-order valence-electron chi connectivity index (χ3n) is 4.59. The van der Waals surface area contributed by atoms with Crippen LogP contribution in [0, 0.1) is 0 Å². The Hall–Kier alpha value is -3.38. The smallest absolute Gasteiger partial charge is 0.231 e. The van der Waals surface area contributed by atoms with Crippen LogP contribution in [0.5, 0.6) is 11.5 Å². The molecule has 0 unspecified atom stereocenters. The molecule has 30 heavy (non-hydrogen) atoms. The molecule has 4 aromatic rings. The molecule has 0 aliphatic heterocycles. The highest BCUT2D eigenvalue weighted by Gasteiger charge is 2.20. The number of hydrogen-bond donors (Lipinski definition) is 0. The molecule has 6 heteroatoms. The highest BCUT2D eigenvalue weighted by molar-refractivity contribution is 9.10. The number of fused-ring (bicyclic) bond motifs is 1. The topological polar surface area (TPSA) is 61.6 Å². The molecule has 0 amide bonds. The zero-order valence-corrected chi connectivity index (χ0v) is 18.0. The van der Waals surface area contributed by atoms with Crippen LogP contribution >= 0.6 is 15.9 Å². The zero-order chi connectivity index (χ0) is 21.1. The fourth-order valence-corrected chi connectivity index (χ4v) is 3.34. The molecule has 4 rings (SSSR count). The predicted octanol–water partition coefficient (Wildman–Crippen LogP) is 6.03. The predicted molar refractivity (Wildman–Crippen MR) is 120 cm³/mol. The Morgan fingerprint density at radius 2 is 1.70 bits per heavy atom. The van der Waals surface area contributed by atoms with E-state index >= 15 is 0 Å².